The maximum Gasteiger partial charge on any atom is 0.338 e. The summed E-state index contributed by atoms with van der Waals surface area (Å²) in [5.74, 6) is -0.412. The van der Waals surface area contributed by atoms with Crippen LogP contribution in [0, 0.1) is 0 Å². The summed E-state index contributed by atoms with van der Waals surface area (Å²) >= 11 is 5.84. The Hall–Kier alpha value is -2.00. The second-order valence-electron chi connectivity index (χ2n) is 4.14. The van der Waals surface area contributed by atoms with Crippen molar-refractivity contribution in [3.63, 3.8) is 0 Å². The van der Waals surface area contributed by atoms with E-state index in [-0.39, 0.29) is 0 Å². The molecule has 2 N–H and O–H groups in total. The molecule has 98 valence electrons. The second kappa shape index (κ2) is 6.25. The summed E-state index contributed by atoms with van der Waals surface area (Å²) in [6.07, 6.45) is 0.683. The first-order valence-corrected chi connectivity index (χ1v) is 6.30. The molecule has 0 aliphatic heterocycles. The lowest BCUT2D eigenvalue weighted by molar-refractivity contribution is 0.0509. The number of anilines is 1. The van der Waals surface area contributed by atoms with Crippen LogP contribution >= 0.6 is 11.6 Å². The largest absolute Gasteiger partial charge is 0.462 e. The molecule has 0 saturated carbocycles. The molecule has 2 aromatic carbocycles. The van der Waals surface area contributed by atoms with Crippen LogP contribution in [0.25, 0.3) is 0 Å². The molecule has 0 amide bonds. The van der Waals surface area contributed by atoms with Crippen LogP contribution in [-0.2, 0) is 11.2 Å². The van der Waals surface area contributed by atoms with Crippen LogP contribution in [0.5, 0.6) is 0 Å². The zero-order valence-electron chi connectivity index (χ0n) is 10.3. The Labute approximate surface area is 117 Å². The number of hydrogen-bond donors (Lipinski definition) is 1. The Morgan fingerprint density at radius 1 is 1.16 bits per heavy atom. The van der Waals surface area contributed by atoms with Gasteiger partial charge in [0.25, 0.3) is 0 Å². The maximum atomic E-state index is 11.8. The van der Waals surface area contributed by atoms with E-state index in [9.17, 15) is 4.79 Å². The predicted molar refractivity (Wildman–Crippen MR) is 76.3 cm³/mol. The molecule has 0 aliphatic rings. The number of benzene rings is 2. The van der Waals surface area contributed by atoms with Crippen molar-refractivity contribution in [1.29, 1.82) is 0 Å². The molecular weight excluding hydrogens is 262 g/mol. The Kier molecular flexibility index (Phi) is 4.42. The fourth-order valence-electron chi connectivity index (χ4n) is 1.72. The van der Waals surface area contributed by atoms with Gasteiger partial charge >= 0.3 is 5.97 Å². The van der Waals surface area contributed by atoms with Crippen LogP contribution in [-0.4, -0.2) is 12.6 Å². The van der Waals surface area contributed by atoms with E-state index < -0.39 is 5.97 Å². The molecule has 0 fully saturated rings. The van der Waals surface area contributed by atoms with Crippen molar-refractivity contribution in [2.24, 2.45) is 0 Å². The van der Waals surface area contributed by atoms with Crippen molar-refractivity contribution >= 4 is 23.3 Å². The molecule has 2 aromatic rings. The molecular formula is C15H14ClNO2. The molecule has 3 nitrogen and oxygen atoms in total. The number of nitrogen functional groups attached to an aromatic ring is 1. The van der Waals surface area contributed by atoms with E-state index in [1.165, 1.54) is 0 Å². The first kappa shape index (κ1) is 13.4. The molecule has 0 aromatic heterocycles. The predicted octanol–water partition coefficient (Wildman–Crippen LogP) is 3.32. The zero-order chi connectivity index (χ0) is 13.7. The van der Waals surface area contributed by atoms with Crippen LogP contribution in [0.15, 0.2) is 48.5 Å². The van der Waals surface area contributed by atoms with Gasteiger partial charge in [0, 0.05) is 17.1 Å². The van der Waals surface area contributed by atoms with Crippen molar-refractivity contribution < 1.29 is 9.53 Å². The lowest BCUT2D eigenvalue weighted by Crippen LogP contribution is -2.08. The fraction of sp³-hybridized carbons (Fsp3) is 0.133. The molecule has 0 bridgehead atoms. The maximum absolute atomic E-state index is 11.8. The van der Waals surface area contributed by atoms with Crippen molar-refractivity contribution in [3.05, 3.63) is 64.7 Å². The highest BCUT2D eigenvalue weighted by Gasteiger charge is 2.08. The normalized spacial score (nSPS) is 10.2. The number of carbonyl (C=O) groups is 1. The standard InChI is InChI=1S/C15H14ClNO2/c16-13-8-12(9-14(17)10-13)15(18)19-7-6-11-4-2-1-3-5-11/h1-5,8-10H,6-7,17H2. The third kappa shape index (κ3) is 4.00. The first-order chi connectivity index (χ1) is 9.15. The summed E-state index contributed by atoms with van der Waals surface area (Å²) in [6, 6.07) is 14.5. The average Bonchev–Trinajstić information content (AvgIpc) is 2.38. The van der Waals surface area contributed by atoms with E-state index in [4.69, 9.17) is 22.1 Å². The van der Waals surface area contributed by atoms with Crippen molar-refractivity contribution in [1.82, 2.24) is 0 Å². The minimum Gasteiger partial charge on any atom is -0.462 e. The van der Waals surface area contributed by atoms with Gasteiger partial charge in [-0.25, -0.2) is 4.79 Å². The van der Waals surface area contributed by atoms with E-state index in [2.05, 4.69) is 0 Å². The number of esters is 1. The summed E-state index contributed by atoms with van der Waals surface area (Å²) in [5.41, 5.74) is 7.57. The van der Waals surface area contributed by atoms with Gasteiger partial charge in [-0.1, -0.05) is 41.9 Å². The van der Waals surface area contributed by atoms with E-state index in [0.717, 1.165) is 5.56 Å². The number of halogens is 1. The van der Waals surface area contributed by atoms with Crippen LogP contribution in [0.4, 0.5) is 5.69 Å². The van der Waals surface area contributed by atoms with Crippen LogP contribution in [0.2, 0.25) is 5.02 Å². The third-order valence-corrected chi connectivity index (χ3v) is 2.84. The smallest absolute Gasteiger partial charge is 0.338 e. The van der Waals surface area contributed by atoms with E-state index in [0.29, 0.717) is 29.3 Å². The number of ether oxygens (including phenoxy) is 1. The average molecular weight is 276 g/mol. The molecule has 4 heteroatoms. The highest BCUT2D eigenvalue weighted by atomic mass is 35.5. The minimum absolute atomic E-state index is 0.329. The molecule has 0 atom stereocenters. The fourth-order valence-corrected chi connectivity index (χ4v) is 1.96. The molecule has 0 heterocycles. The van der Waals surface area contributed by atoms with Crippen molar-refractivity contribution in [3.8, 4) is 0 Å². The lowest BCUT2D eigenvalue weighted by Gasteiger charge is -2.06. The van der Waals surface area contributed by atoms with Crippen molar-refractivity contribution in [2.45, 2.75) is 6.42 Å². The number of nitrogens with two attached hydrogens (primary N) is 1. The summed E-state index contributed by atoms with van der Waals surface area (Å²) in [6.45, 7) is 0.329. The highest BCUT2D eigenvalue weighted by molar-refractivity contribution is 6.31. The van der Waals surface area contributed by atoms with Crippen molar-refractivity contribution in [2.75, 3.05) is 12.3 Å². The summed E-state index contributed by atoms with van der Waals surface area (Å²) in [7, 11) is 0. The molecule has 0 spiro atoms. The molecule has 0 unspecified atom stereocenters. The van der Waals surface area contributed by atoms with Gasteiger partial charge in [0.15, 0.2) is 0 Å². The van der Waals surface area contributed by atoms with Crippen LogP contribution in [0.1, 0.15) is 15.9 Å². The quantitative estimate of drug-likeness (QED) is 0.688. The van der Waals surface area contributed by atoms with Gasteiger partial charge in [-0.3, -0.25) is 0 Å². The summed E-state index contributed by atoms with van der Waals surface area (Å²) < 4.78 is 5.19. The molecule has 0 saturated heterocycles. The minimum atomic E-state index is -0.412. The van der Waals surface area contributed by atoms with E-state index >= 15 is 0 Å². The molecule has 0 aliphatic carbocycles. The topological polar surface area (TPSA) is 52.3 Å². The third-order valence-electron chi connectivity index (χ3n) is 2.62. The Morgan fingerprint density at radius 3 is 2.58 bits per heavy atom. The number of rotatable bonds is 4. The Balaban J connectivity index is 1.91. The molecule has 0 radical (unpaired) electrons. The van der Waals surface area contributed by atoms with Gasteiger partial charge in [0.2, 0.25) is 0 Å². The second-order valence-corrected chi connectivity index (χ2v) is 4.58. The summed E-state index contributed by atoms with van der Waals surface area (Å²) in [4.78, 5) is 11.8. The highest BCUT2D eigenvalue weighted by Crippen LogP contribution is 2.17. The molecule has 19 heavy (non-hydrogen) atoms. The zero-order valence-corrected chi connectivity index (χ0v) is 11.1. The SMILES string of the molecule is Nc1cc(Cl)cc(C(=O)OCCc2ccccc2)c1. The van der Waals surface area contributed by atoms with E-state index in [1.54, 1.807) is 18.2 Å². The Bertz CT molecular complexity index is 549. The van der Waals surface area contributed by atoms with Gasteiger partial charge < -0.3 is 10.5 Å². The number of hydrogen-bond acceptors (Lipinski definition) is 3. The van der Waals surface area contributed by atoms with Crippen LogP contribution in [0.3, 0.4) is 0 Å². The summed E-state index contributed by atoms with van der Waals surface area (Å²) in [5, 5.41) is 0.426. The van der Waals surface area contributed by atoms with Gasteiger partial charge in [0.05, 0.1) is 12.2 Å². The van der Waals surface area contributed by atoms with Gasteiger partial charge in [0.1, 0.15) is 0 Å². The monoisotopic (exact) mass is 275 g/mol. The Morgan fingerprint density at radius 2 is 1.89 bits per heavy atom. The van der Waals surface area contributed by atoms with Gasteiger partial charge in [-0.2, -0.15) is 0 Å². The van der Waals surface area contributed by atoms with Crippen LogP contribution < -0.4 is 5.73 Å². The lowest BCUT2D eigenvalue weighted by atomic mass is 10.2. The van der Waals surface area contributed by atoms with Gasteiger partial charge in [-0.15, -0.1) is 0 Å². The molecule has 2 rings (SSSR count). The number of carbonyl (C=O) groups excluding carboxylic acids is 1. The van der Waals surface area contributed by atoms with Gasteiger partial charge in [-0.05, 0) is 23.8 Å². The first-order valence-electron chi connectivity index (χ1n) is 5.92. The van der Waals surface area contributed by atoms with E-state index in [1.807, 2.05) is 30.3 Å².